The van der Waals surface area contributed by atoms with E-state index >= 15 is 0 Å². The fourth-order valence-electron chi connectivity index (χ4n) is 1.55. The van der Waals surface area contributed by atoms with Gasteiger partial charge in [0.15, 0.2) is 5.82 Å². The van der Waals surface area contributed by atoms with Gasteiger partial charge in [-0.05, 0) is 40.2 Å². The molecule has 0 atom stereocenters. The minimum atomic E-state index is -3.82. The van der Waals surface area contributed by atoms with Gasteiger partial charge in [0.05, 0.1) is 11.6 Å². The third-order valence-corrected chi connectivity index (χ3v) is 4.48. The summed E-state index contributed by atoms with van der Waals surface area (Å²) in [6.45, 7) is 0. The van der Waals surface area contributed by atoms with Crippen LogP contribution < -0.4 is 15.2 Å². The molecule has 1 heterocycles. The molecule has 106 valence electrons. The lowest BCUT2D eigenvalue weighted by Gasteiger charge is -2.12. The van der Waals surface area contributed by atoms with E-state index in [1.165, 1.54) is 31.5 Å². The first-order valence-electron chi connectivity index (χ1n) is 5.51. The molecule has 8 heteroatoms. The van der Waals surface area contributed by atoms with Gasteiger partial charge >= 0.3 is 0 Å². The van der Waals surface area contributed by atoms with Crippen LogP contribution in [0.3, 0.4) is 0 Å². The number of hydrogen-bond acceptors (Lipinski definition) is 5. The van der Waals surface area contributed by atoms with Crippen molar-refractivity contribution in [2.45, 2.75) is 4.90 Å². The standard InChI is InChI=1S/C12H12BrN3O3S/c1-19-10-7-8(14)4-5-11(10)20(17,18)16-12-9(13)3-2-6-15-12/h2-7H,14H2,1H3,(H,15,16). The molecule has 0 aliphatic rings. The molecular weight excluding hydrogens is 346 g/mol. The Labute approximate surface area is 125 Å². The van der Waals surface area contributed by atoms with Crippen LogP contribution in [0, 0.1) is 0 Å². The van der Waals surface area contributed by atoms with Crippen LogP contribution in [-0.2, 0) is 10.0 Å². The molecule has 20 heavy (non-hydrogen) atoms. The minimum Gasteiger partial charge on any atom is -0.495 e. The molecule has 0 saturated carbocycles. The molecule has 1 aromatic carbocycles. The number of hydrogen-bond donors (Lipinski definition) is 2. The van der Waals surface area contributed by atoms with Gasteiger partial charge in [-0.2, -0.15) is 0 Å². The van der Waals surface area contributed by atoms with E-state index in [9.17, 15) is 8.42 Å². The maximum Gasteiger partial charge on any atom is 0.266 e. The van der Waals surface area contributed by atoms with Crippen molar-refractivity contribution in [2.75, 3.05) is 17.6 Å². The first-order valence-corrected chi connectivity index (χ1v) is 7.78. The van der Waals surface area contributed by atoms with Gasteiger partial charge in [-0.1, -0.05) is 0 Å². The van der Waals surface area contributed by atoms with Gasteiger partial charge in [0.25, 0.3) is 10.0 Å². The number of nitrogen functional groups attached to an aromatic ring is 1. The largest absolute Gasteiger partial charge is 0.495 e. The van der Waals surface area contributed by atoms with Gasteiger partial charge in [0.2, 0.25) is 0 Å². The van der Waals surface area contributed by atoms with Gasteiger partial charge in [-0.3, -0.25) is 4.72 Å². The molecule has 1 aromatic heterocycles. The Hall–Kier alpha value is -1.80. The van der Waals surface area contributed by atoms with Crippen molar-refractivity contribution in [3.63, 3.8) is 0 Å². The number of ether oxygens (including phenoxy) is 1. The second-order valence-corrected chi connectivity index (χ2v) is 6.35. The number of nitrogens with zero attached hydrogens (tertiary/aromatic N) is 1. The average molecular weight is 358 g/mol. The average Bonchev–Trinajstić information content (AvgIpc) is 2.40. The van der Waals surface area contributed by atoms with E-state index in [-0.39, 0.29) is 16.5 Å². The smallest absolute Gasteiger partial charge is 0.266 e. The van der Waals surface area contributed by atoms with Crippen LogP contribution >= 0.6 is 15.9 Å². The van der Waals surface area contributed by atoms with Crippen molar-refractivity contribution >= 4 is 37.5 Å². The van der Waals surface area contributed by atoms with Crippen molar-refractivity contribution in [1.29, 1.82) is 0 Å². The highest BCUT2D eigenvalue weighted by Crippen LogP contribution is 2.29. The molecule has 0 aliphatic carbocycles. The van der Waals surface area contributed by atoms with Gasteiger partial charge in [0, 0.05) is 18.0 Å². The summed E-state index contributed by atoms with van der Waals surface area (Å²) in [6, 6.07) is 7.69. The second-order valence-electron chi connectivity index (χ2n) is 3.85. The molecule has 0 saturated heterocycles. The van der Waals surface area contributed by atoms with Crippen LogP contribution in [0.1, 0.15) is 0 Å². The number of anilines is 2. The Bertz CT molecular complexity index is 734. The van der Waals surface area contributed by atoms with E-state index in [0.29, 0.717) is 10.2 Å². The van der Waals surface area contributed by atoms with E-state index in [0.717, 1.165) is 0 Å². The quantitative estimate of drug-likeness (QED) is 0.818. The summed E-state index contributed by atoms with van der Waals surface area (Å²) >= 11 is 3.23. The molecule has 2 aromatic rings. The molecule has 0 radical (unpaired) electrons. The third kappa shape index (κ3) is 3.02. The Morgan fingerprint density at radius 1 is 1.35 bits per heavy atom. The van der Waals surface area contributed by atoms with Crippen molar-refractivity contribution in [3.05, 3.63) is 41.0 Å². The fourth-order valence-corrected chi connectivity index (χ4v) is 3.22. The highest BCUT2D eigenvalue weighted by molar-refractivity contribution is 9.10. The van der Waals surface area contributed by atoms with Crippen LogP contribution in [0.2, 0.25) is 0 Å². The summed E-state index contributed by atoms with van der Waals surface area (Å²) in [5.41, 5.74) is 6.02. The number of nitrogens with two attached hydrogens (primary N) is 1. The number of rotatable bonds is 4. The van der Waals surface area contributed by atoms with Gasteiger partial charge in [-0.25, -0.2) is 13.4 Å². The summed E-state index contributed by atoms with van der Waals surface area (Å²) in [4.78, 5) is 3.95. The predicted octanol–water partition coefficient (Wildman–Crippen LogP) is 2.24. The number of sulfonamides is 1. The Morgan fingerprint density at radius 2 is 2.10 bits per heavy atom. The van der Waals surface area contributed by atoms with E-state index < -0.39 is 10.0 Å². The maximum absolute atomic E-state index is 12.4. The van der Waals surface area contributed by atoms with Crippen LogP contribution in [0.5, 0.6) is 5.75 Å². The highest BCUT2D eigenvalue weighted by Gasteiger charge is 2.21. The van der Waals surface area contributed by atoms with Gasteiger partial charge < -0.3 is 10.5 Å². The SMILES string of the molecule is COc1cc(N)ccc1S(=O)(=O)Nc1ncccc1Br. The van der Waals surface area contributed by atoms with Gasteiger partial charge in [-0.15, -0.1) is 0 Å². The molecule has 0 aliphatic heterocycles. The normalized spacial score (nSPS) is 11.1. The summed E-state index contributed by atoms with van der Waals surface area (Å²) in [7, 11) is -2.44. The van der Waals surface area contributed by atoms with Crippen molar-refractivity contribution in [2.24, 2.45) is 0 Å². The van der Waals surface area contributed by atoms with Crippen LogP contribution in [-0.4, -0.2) is 20.5 Å². The molecular formula is C12H12BrN3O3S. The second kappa shape index (κ2) is 5.68. The zero-order chi connectivity index (χ0) is 14.8. The van der Waals surface area contributed by atoms with Gasteiger partial charge in [0.1, 0.15) is 10.6 Å². The van der Waals surface area contributed by atoms with Crippen LogP contribution in [0.4, 0.5) is 11.5 Å². The summed E-state index contributed by atoms with van der Waals surface area (Å²) in [6.07, 6.45) is 1.49. The fraction of sp³-hybridized carbons (Fsp3) is 0.0833. The number of methoxy groups -OCH3 is 1. The predicted molar refractivity (Wildman–Crippen MR) is 80.2 cm³/mol. The zero-order valence-electron chi connectivity index (χ0n) is 10.5. The summed E-state index contributed by atoms with van der Waals surface area (Å²) in [5.74, 6) is 0.371. The summed E-state index contributed by atoms with van der Waals surface area (Å²) < 4.78 is 32.7. The van der Waals surface area contributed by atoms with Crippen LogP contribution in [0.15, 0.2) is 45.9 Å². The van der Waals surface area contributed by atoms with Crippen molar-refractivity contribution in [3.8, 4) is 5.75 Å². The van der Waals surface area contributed by atoms with Crippen molar-refractivity contribution in [1.82, 2.24) is 4.98 Å². The van der Waals surface area contributed by atoms with E-state index in [4.69, 9.17) is 10.5 Å². The number of nitrogens with one attached hydrogen (secondary N) is 1. The lowest BCUT2D eigenvalue weighted by Crippen LogP contribution is -2.15. The Balaban J connectivity index is 2.44. The minimum absolute atomic E-state index is 0.00764. The molecule has 0 unspecified atom stereocenters. The zero-order valence-corrected chi connectivity index (χ0v) is 12.9. The number of pyridine rings is 1. The lowest BCUT2D eigenvalue weighted by atomic mass is 10.3. The molecule has 3 N–H and O–H groups in total. The molecule has 0 bridgehead atoms. The maximum atomic E-state index is 12.4. The number of benzene rings is 1. The topological polar surface area (TPSA) is 94.3 Å². The molecule has 0 fully saturated rings. The highest BCUT2D eigenvalue weighted by atomic mass is 79.9. The third-order valence-electron chi connectivity index (χ3n) is 2.47. The first kappa shape index (κ1) is 14.6. The van der Waals surface area contributed by atoms with E-state index in [2.05, 4.69) is 25.6 Å². The van der Waals surface area contributed by atoms with Crippen molar-refractivity contribution < 1.29 is 13.2 Å². The molecule has 0 amide bonds. The number of halogens is 1. The number of aromatic nitrogens is 1. The Kier molecular flexibility index (Phi) is 4.15. The monoisotopic (exact) mass is 357 g/mol. The summed E-state index contributed by atoms with van der Waals surface area (Å²) in [5, 5.41) is 0. The molecule has 0 spiro atoms. The van der Waals surface area contributed by atoms with E-state index in [1.54, 1.807) is 12.1 Å². The molecule has 2 rings (SSSR count). The lowest BCUT2D eigenvalue weighted by molar-refractivity contribution is 0.403. The first-order chi connectivity index (χ1) is 9.44. The van der Waals surface area contributed by atoms with E-state index in [1.807, 2.05) is 0 Å². The Morgan fingerprint density at radius 3 is 2.75 bits per heavy atom. The van der Waals surface area contributed by atoms with Crippen LogP contribution in [0.25, 0.3) is 0 Å². The molecule has 6 nitrogen and oxygen atoms in total.